The third kappa shape index (κ3) is 8.06. The Balaban J connectivity index is 1.52. The Morgan fingerprint density at radius 2 is 1.57 bits per heavy atom. The van der Waals surface area contributed by atoms with E-state index in [2.05, 4.69) is 28.8 Å². The summed E-state index contributed by atoms with van der Waals surface area (Å²) in [6.07, 6.45) is 7.27. The number of rotatable bonds is 11. The van der Waals surface area contributed by atoms with Crippen LogP contribution in [0.1, 0.15) is 83.6 Å². The van der Waals surface area contributed by atoms with Gasteiger partial charge in [0.25, 0.3) is 5.91 Å². The molecule has 208 valence electrons. The van der Waals surface area contributed by atoms with Gasteiger partial charge in [-0.1, -0.05) is 66.2 Å². The molecule has 0 fully saturated rings. The van der Waals surface area contributed by atoms with Crippen LogP contribution in [0.2, 0.25) is 5.02 Å². The zero-order chi connectivity index (χ0) is 28.5. The lowest BCUT2D eigenvalue weighted by molar-refractivity contribution is -0.136. The lowest BCUT2D eigenvalue weighted by Crippen LogP contribution is -2.32. The number of hydrogen-bond donors (Lipinski definition) is 3. The number of carboxylic acids is 1. The van der Waals surface area contributed by atoms with E-state index in [1.165, 1.54) is 24.0 Å². The molecule has 3 aromatic rings. The van der Waals surface area contributed by atoms with Gasteiger partial charge in [0, 0.05) is 17.1 Å². The van der Waals surface area contributed by atoms with Gasteiger partial charge in [0.1, 0.15) is 0 Å². The summed E-state index contributed by atoms with van der Waals surface area (Å²) in [6, 6.07) is 22.7. The average Bonchev–Trinajstić information content (AvgIpc) is 2.97. The molecular weight excluding hydrogens is 524 g/mol. The van der Waals surface area contributed by atoms with Gasteiger partial charge in [-0.15, -0.1) is 0 Å². The smallest absolute Gasteiger partial charge is 0.305 e. The Hall–Kier alpha value is -3.90. The summed E-state index contributed by atoms with van der Waals surface area (Å²) >= 11 is 6.04. The van der Waals surface area contributed by atoms with Crippen LogP contribution in [0.15, 0.2) is 78.9 Å². The van der Waals surface area contributed by atoms with E-state index in [4.69, 9.17) is 16.7 Å². The number of amides is 2. The summed E-state index contributed by atoms with van der Waals surface area (Å²) in [5, 5.41) is 15.2. The van der Waals surface area contributed by atoms with Crippen LogP contribution in [0.25, 0.3) is 5.57 Å². The second kappa shape index (κ2) is 13.9. The van der Waals surface area contributed by atoms with Crippen molar-refractivity contribution in [3.8, 4) is 0 Å². The molecule has 0 aromatic heterocycles. The van der Waals surface area contributed by atoms with E-state index >= 15 is 0 Å². The van der Waals surface area contributed by atoms with Gasteiger partial charge in [-0.2, -0.15) is 0 Å². The Morgan fingerprint density at radius 1 is 0.900 bits per heavy atom. The molecule has 0 radical (unpaired) electrons. The van der Waals surface area contributed by atoms with E-state index in [1.807, 2.05) is 55.5 Å². The van der Waals surface area contributed by atoms with Gasteiger partial charge in [-0.25, -0.2) is 0 Å². The Labute approximate surface area is 240 Å². The van der Waals surface area contributed by atoms with Gasteiger partial charge in [-0.3, -0.25) is 14.4 Å². The van der Waals surface area contributed by atoms with E-state index in [0.717, 1.165) is 29.5 Å². The molecule has 0 aliphatic heterocycles. The molecule has 2 amide bonds. The van der Waals surface area contributed by atoms with Crippen molar-refractivity contribution in [2.24, 2.45) is 0 Å². The number of carbonyl (C=O) groups is 3. The van der Waals surface area contributed by atoms with Crippen LogP contribution in [0.5, 0.6) is 0 Å². The first kappa shape index (κ1) is 29.1. The molecule has 0 bridgehead atoms. The zero-order valence-corrected chi connectivity index (χ0v) is 23.4. The maximum atomic E-state index is 13.7. The Bertz CT molecular complexity index is 1350. The summed E-state index contributed by atoms with van der Waals surface area (Å²) < 4.78 is 0. The monoisotopic (exact) mass is 558 g/mol. The van der Waals surface area contributed by atoms with Crippen LogP contribution < -0.4 is 10.6 Å². The number of hydrogen-bond acceptors (Lipinski definition) is 3. The molecule has 3 aromatic carbocycles. The van der Waals surface area contributed by atoms with Gasteiger partial charge in [-0.05, 0) is 91.1 Å². The molecule has 2 unspecified atom stereocenters. The molecule has 40 heavy (non-hydrogen) atoms. The highest BCUT2D eigenvalue weighted by molar-refractivity contribution is 6.30. The molecule has 0 saturated heterocycles. The van der Waals surface area contributed by atoms with Crippen LogP contribution >= 0.6 is 11.6 Å². The molecule has 1 aliphatic rings. The topological polar surface area (TPSA) is 95.5 Å². The molecule has 4 rings (SSSR count). The number of benzene rings is 3. The predicted molar refractivity (Wildman–Crippen MR) is 158 cm³/mol. The first-order chi connectivity index (χ1) is 19.3. The first-order valence-electron chi connectivity index (χ1n) is 13.7. The standard InChI is InChI=1S/C33H35ClN2O4/c1-22(24-15-17-29(34)18-16-24)36-33(40)30(27-13-11-26(12-14-27)25-5-3-2-4-6-25)21-23-7-9-28(10-8-23)32(39)35-20-19-31(37)38/h5,7-18,22,30H,2-4,6,19-21H2,1H3,(H,35,39)(H,36,40)(H,37,38). The molecule has 2 atom stereocenters. The van der Waals surface area contributed by atoms with E-state index in [-0.39, 0.29) is 30.8 Å². The zero-order valence-electron chi connectivity index (χ0n) is 22.7. The van der Waals surface area contributed by atoms with Crippen LogP contribution in [-0.2, 0) is 16.0 Å². The predicted octanol–water partition coefficient (Wildman–Crippen LogP) is 6.71. The van der Waals surface area contributed by atoms with Crippen LogP contribution in [0.4, 0.5) is 0 Å². The second-order valence-corrected chi connectivity index (χ2v) is 10.7. The van der Waals surface area contributed by atoms with Crippen LogP contribution in [-0.4, -0.2) is 29.4 Å². The highest BCUT2D eigenvalue weighted by Gasteiger charge is 2.24. The van der Waals surface area contributed by atoms with Gasteiger partial charge in [0.05, 0.1) is 18.4 Å². The fourth-order valence-electron chi connectivity index (χ4n) is 4.95. The normalized spacial score (nSPS) is 14.5. The lowest BCUT2D eigenvalue weighted by Gasteiger charge is -2.22. The number of carboxylic acid groups (broad SMARTS) is 1. The summed E-state index contributed by atoms with van der Waals surface area (Å²) in [5.41, 5.74) is 5.82. The molecule has 0 heterocycles. The van der Waals surface area contributed by atoms with Crippen molar-refractivity contribution >= 4 is 35.0 Å². The number of aliphatic carboxylic acids is 1. The maximum Gasteiger partial charge on any atom is 0.305 e. The van der Waals surface area contributed by atoms with E-state index in [0.29, 0.717) is 17.0 Å². The largest absolute Gasteiger partial charge is 0.481 e. The van der Waals surface area contributed by atoms with Crippen LogP contribution in [0, 0.1) is 0 Å². The molecule has 0 spiro atoms. The molecule has 0 saturated carbocycles. The van der Waals surface area contributed by atoms with Crippen molar-refractivity contribution < 1.29 is 19.5 Å². The summed E-state index contributed by atoms with van der Waals surface area (Å²) in [4.78, 5) is 36.7. The van der Waals surface area contributed by atoms with Crippen LogP contribution in [0.3, 0.4) is 0 Å². The number of allylic oxidation sites excluding steroid dienone is 2. The number of halogens is 1. The Kier molecular flexibility index (Phi) is 10.1. The minimum Gasteiger partial charge on any atom is -0.481 e. The van der Waals surface area contributed by atoms with Crippen molar-refractivity contribution in [2.45, 2.75) is 57.4 Å². The van der Waals surface area contributed by atoms with Crippen molar-refractivity contribution in [3.63, 3.8) is 0 Å². The van der Waals surface area contributed by atoms with E-state index in [9.17, 15) is 14.4 Å². The Morgan fingerprint density at radius 3 is 2.20 bits per heavy atom. The summed E-state index contributed by atoms with van der Waals surface area (Å²) in [6.45, 7) is 2.02. The van der Waals surface area contributed by atoms with Gasteiger partial charge in [0.15, 0.2) is 0 Å². The van der Waals surface area contributed by atoms with Crippen molar-refractivity contribution in [1.82, 2.24) is 10.6 Å². The lowest BCUT2D eigenvalue weighted by atomic mass is 9.88. The molecule has 7 heteroatoms. The highest BCUT2D eigenvalue weighted by atomic mass is 35.5. The quantitative estimate of drug-likeness (QED) is 0.244. The summed E-state index contributed by atoms with van der Waals surface area (Å²) in [7, 11) is 0. The van der Waals surface area contributed by atoms with E-state index < -0.39 is 11.9 Å². The van der Waals surface area contributed by atoms with Crippen molar-refractivity contribution in [1.29, 1.82) is 0 Å². The van der Waals surface area contributed by atoms with E-state index in [1.54, 1.807) is 12.1 Å². The minimum absolute atomic E-state index is 0.0663. The molecule has 6 nitrogen and oxygen atoms in total. The number of carbonyl (C=O) groups excluding carboxylic acids is 2. The molecule has 3 N–H and O–H groups in total. The highest BCUT2D eigenvalue weighted by Crippen LogP contribution is 2.29. The fourth-order valence-corrected chi connectivity index (χ4v) is 5.08. The molecular formula is C33H35ClN2O4. The third-order valence-electron chi connectivity index (χ3n) is 7.30. The van der Waals surface area contributed by atoms with Gasteiger partial charge < -0.3 is 15.7 Å². The first-order valence-corrected chi connectivity index (χ1v) is 14.1. The third-order valence-corrected chi connectivity index (χ3v) is 7.55. The SMILES string of the molecule is CC(NC(=O)C(Cc1ccc(C(=O)NCCC(=O)O)cc1)c1ccc(C2=CCCCC2)cc1)c1ccc(Cl)cc1. The van der Waals surface area contributed by atoms with Gasteiger partial charge in [0.2, 0.25) is 5.91 Å². The minimum atomic E-state index is -0.964. The van der Waals surface area contributed by atoms with Gasteiger partial charge >= 0.3 is 5.97 Å². The van der Waals surface area contributed by atoms with Crippen molar-refractivity contribution in [2.75, 3.05) is 6.54 Å². The molecule has 1 aliphatic carbocycles. The summed E-state index contributed by atoms with van der Waals surface area (Å²) in [5.74, 6) is -1.80. The fraction of sp³-hybridized carbons (Fsp3) is 0.303. The second-order valence-electron chi connectivity index (χ2n) is 10.2. The number of nitrogens with one attached hydrogen (secondary N) is 2. The van der Waals surface area contributed by atoms with Crippen molar-refractivity contribution in [3.05, 3.63) is 112 Å². The maximum absolute atomic E-state index is 13.7. The average molecular weight is 559 g/mol.